The van der Waals surface area contributed by atoms with E-state index in [1.807, 2.05) is 30.1 Å². The van der Waals surface area contributed by atoms with Crippen LogP contribution < -0.4 is 10.9 Å². The normalized spacial score (nSPS) is 10.6. The molecule has 2 aromatic rings. The van der Waals surface area contributed by atoms with Gasteiger partial charge >= 0.3 is 0 Å². The van der Waals surface area contributed by atoms with E-state index in [1.165, 1.54) is 0 Å². The Labute approximate surface area is 115 Å². The molecule has 0 atom stereocenters. The number of amides is 1. The van der Waals surface area contributed by atoms with Crippen molar-refractivity contribution in [3.8, 4) is 0 Å². The van der Waals surface area contributed by atoms with E-state index in [1.54, 1.807) is 17.7 Å². The molecule has 0 saturated carbocycles. The number of carbonyl (C=O) groups excluding carboxylic acids is 1. The minimum Gasteiger partial charge on any atom is -0.340 e. The summed E-state index contributed by atoms with van der Waals surface area (Å²) in [6.07, 6.45) is 4.71. The Balaban J connectivity index is 1.64. The van der Waals surface area contributed by atoms with Crippen molar-refractivity contribution in [2.75, 3.05) is 0 Å². The van der Waals surface area contributed by atoms with Crippen molar-refractivity contribution in [2.45, 2.75) is 26.3 Å². The molecular formula is C12H17N5OS. The van der Waals surface area contributed by atoms with Crippen LogP contribution in [0.2, 0.25) is 0 Å². The average molecular weight is 279 g/mol. The number of hydrogen-bond donors (Lipinski definition) is 2. The van der Waals surface area contributed by atoms with Gasteiger partial charge in [0.15, 0.2) is 0 Å². The van der Waals surface area contributed by atoms with Crippen molar-refractivity contribution in [1.29, 1.82) is 0 Å². The van der Waals surface area contributed by atoms with Gasteiger partial charge in [-0.05, 0) is 13.3 Å². The van der Waals surface area contributed by atoms with Gasteiger partial charge in [-0.2, -0.15) is 0 Å². The molecule has 0 aliphatic carbocycles. The third-order valence-corrected chi connectivity index (χ3v) is 3.35. The van der Waals surface area contributed by atoms with Crippen molar-refractivity contribution in [1.82, 2.24) is 25.4 Å². The number of aromatic nitrogens is 3. The lowest BCUT2D eigenvalue weighted by Crippen LogP contribution is -2.37. The first kappa shape index (κ1) is 13.7. The topological polar surface area (TPSA) is 71.8 Å². The van der Waals surface area contributed by atoms with E-state index in [9.17, 15) is 4.79 Å². The van der Waals surface area contributed by atoms with Gasteiger partial charge in [-0.3, -0.25) is 10.2 Å². The predicted octanol–water partition coefficient (Wildman–Crippen LogP) is 0.939. The number of nitrogens with one attached hydrogen (secondary N) is 2. The van der Waals surface area contributed by atoms with Crippen LogP contribution in [0.5, 0.6) is 0 Å². The molecule has 0 aromatic carbocycles. The molecule has 0 fully saturated rings. The highest BCUT2D eigenvalue weighted by atomic mass is 32.1. The maximum Gasteiger partial charge on any atom is 0.234 e. The van der Waals surface area contributed by atoms with E-state index in [0.29, 0.717) is 19.4 Å². The molecule has 19 heavy (non-hydrogen) atoms. The van der Waals surface area contributed by atoms with E-state index in [0.717, 1.165) is 16.4 Å². The molecule has 6 nitrogen and oxygen atoms in total. The fourth-order valence-electron chi connectivity index (χ4n) is 1.62. The van der Waals surface area contributed by atoms with E-state index >= 15 is 0 Å². The van der Waals surface area contributed by atoms with Gasteiger partial charge in [0.2, 0.25) is 5.91 Å². The third kappa shape index (κ3) is 4.46. The standard InChI is InChI=1S/C12H17N5OS/c1-9-15-11(7-19-9)5-14-16-12(18)4-3-10-6-17(2)8-13-10/h6-8,14H,3-5H2,1-2H3,(H,16,18). The van der Waals surface area contributed by atoms with Crippen LogP contribution in [0.4, 0.5) is 0 Å². The zero-order chi connectivity index (χ0) is 13.7. The second-order valence-corrected chi connectivity index (χ2v) is 5.35. The molecule has 0 radical (unpaired) electrons. The minimum atomic E-state index is -0.0439. The van der Waals surface area contributed by atoms with Gasteiger partial charge in [0, 0.05) is 25.0 Å². The summed E-state index contributed by atoms with van der Waals surface area (Å²) < 4.78 is 1.87. The first-order chi connectivity index (χ1) is 9.13. The van der Waals surface area contributed by atoms with Crippen LogP contribution >= 0.6 is 11.3 Å². The number of aryl methyl sites for hydroxylation is 3. The van der Waals surface area contributed by atoms with Crippen molar-refractivity contribution in [3.63, 3.8) is 0 Å². The Morgan fingerprint density at radius 3 is 2.95 bits per heavy atom. The van der Waals surface area contributed by atoms with Crippen molar-refractivity contribution < 1.29 is 4.79 Å². The van der Waals surface area contributed by atoms with Crippen molar-refractivity contribution >= 4 is 17.2 Å². The molecule has 0 aliphatic heterocycles. The largest absolute Gasteiger partial charge is 0.340 e. The quantitative estimate of drug-likeness (QED) is 0.772. The van der Waals surface area contributed by atoms with Crippen molar-refractivity contribution in [3.05, 3.63) is 34.3 Å². The number of nitrogens with zero attached hydrogens (tertiary/aromatic N) is 3. The van der Waals surface area contributed by atoms with Gasteiger partial charge < -0.3 is 4.57 Å². The molecule has 0 bridgehead atoms. The van der Waals surface area contributed by atoms with Crippen LogP contribution in [0.25, 0.3) is 0 Å². The molecule has 2 rings (SSSR count). The highest BCUT2D eigenvalue weighted by Gasteiger charge is 2.04. The Kier molecular flexibility index (Phi) is 4.64. The Morgan fingerprint density at radius 1 is 1.47 bits per heavy atom. The first-order valence-corrected chi connectivity index (χ1v) is 6.91. The zero-order valence-corrected chi connectivity index (χ0v) is 11.8. The van der Waals surface area contributed by atoms with Crippen LogP contribution in [0.15, 0.2) is 17.9 Å². The monoisotopic (exact) mass is 279 g/mol. The molecule has 7 heteroatoms. The molecule has 102 valence electrons. The lowest BCUT2D eigenvalue weighted by molar-refractivity contribution is -0.122. The van der Waals surface area contributed by atoms with Gasteiger partial charge in [-0.15, -0.1) is 11.3 Å². The number of hydrogen-bond acceptors (Lipinski definition) is 5. The summed E-state index contributed by atoms with van der Waals surface area (Å²) in [5.74, 6) is -0.0439. The van der Waals surface area contributed by atoms with Crippen LogP contribution in [0.3, 0.4) is 0 Å². The van der Waals surface area contributed by atoms with Gasteiger partial charge in [-0.1, -0.05) is 0 Å². The average Bonchev–Trinajstić information content (AvgIpc) is 2.96. The van der Waals surface area contributed by atoms with E-state index in [-0.39, 0.29) is 5.91 Å². The highest BCUT2D eigenvalue weighted by Crippen LogP contribution is 2.06. The molecule has 0 spiro atoms. The summed E-state index contributed by atoms with van der Waals surface area (Å²) in [7, 11) is 1.91. The van der Waals surface area contributed by atoms with Crippen LogP contribution in [0.1, 0.15) is 22.8 Å². The lowest BCUT2D eigenvalue weighted by Gasteiger charge is -2.04. The zero-order valence-electron chi connectivity index (χ0n) is 11.0. The highest BCUT2D eigenvalue weighted by molar-refractivity contribution is 7.09. The lowest BCUT2D eigenvalue weighted by atomic mass is 10.2. The molecule has 0 aliphatic rings. The Bertz CT molecular complexity index is 548. The maximum atomic E-state index is 11.6. The first-order valence-electron chi connectivity index (χ1n) is 6.03. The molecule has 2 aromatic heterocycles. The second-order valence-electron chi connectivity index (χ2n) is 4.29. The molecule has 1 amide bonds. The van der Waals surface area contributed by atoms with E-state index < -0.39 is 0 Å². The second kappa shape index (κ2) is 6.44. The Hall–Kier alpha value is -1.73. The van der Waals surface area contributed by atoms with Crippen LogP contribution in [-0.4, -0.2) is 20.4 Å². The third-order valence-electron chi connectivity index (χ3n) is 2.53. The van der Waals surface area contributed by atoms with Crippen LogP contribution in [0, 0.1) is 6.92 Å². The molecule has 0 unspecified atom stereocenters. The number of carbonyl (C=O) groups is 1. The number of hydrazine groups is 1. The SMILES string of the molecule is Cc1nc(CNNC(=O)CCc2cn(C)cn2)cs1. The number of imidazole rings is 1. The Morgan fingerprint density at radius 2 is 2.32 bits per heavy atom. The van der Waals surface area contributed by atoms with Crippen LogP contribution in [-0.2, 0) is 24.8 Å². The number of thiazole rings is 1. The fraction of sp³-hybridized carbons (Fsp3) is 0.417. The van der Waals surface area contributed by atoms with Gasteiger partial charge in [0.05, 0.1) is 29.3 Å². The number of rotatable bonds is 6. The molecule has 2 heterocycles. The smallest absolute Gasteiger partial charge is 0.234 e. The van der Waals surface area contributed by atoms with Gasteiger partial charge in [0.25, 0.3) is 0 Å². The summed E-state index contributed by atoms with van der Waals surface area (Å²) in [5.41, 5.74) is 7.40. The predicted molar refractivity (Wildman–Crippen MR) is 73.4 cm³/mol. The van der Waals surface area contributed by atoms with Crippen molar-refractivity contribution in [2.24, 2.45) is 7.05 Å². The maximum absolute atomic E-state index is 11.6. The summed E-state index contributed by atoms with van der Waals surface area (Å²) in [5, 5.41) is 3.00. The van der Waals surface area contributed by atoms with E-state index in [2.05, 4.69) is 20.8 Å². The molecule has 0 saturated heterocycles. The molecule has 2 N–H and O–H groups in total. The summed E-state index contributed by atoms with van der Waals surface area (Å²) >= 11 is 1.60. The van der Waals surface area contributed by atoms with Gasteiger partial charge in [0.1, 0.15) is 0 Å². The molecular weight excluding hydrogens is 262 g/mol. The summed E-state index contributed by atoms with van der Waals surface area (Å²) in [4.78, 5) is 20.1. The van der Waals surface area contributed by atoms with E-state index in [4.69, 9.17) is 0 Å². The fourth-order valence-corrected chi connectivity index (χ4v) is 2.24. The minimum absolute atomic E-state index is 0.0439. The van der Waals surface area contributed by atoms with Gasteiger partial charge in [-0.25, -0.2) is 15.4 Å². The summed E-state index contributed by atoms with van der Waals surface area (Å²) in [6, 6.07) is 0. The summed E-state index contributed by atoms with van der Waals surface area (Å²) in [6.45, 7) is 2.50.